The Labute approximate surface area is 98.9 Å². The summed E-state index contributed by atoms with van der Waals surface area (Å²) in [6.45, 7) is 3.92. The molecule has 1 atom stereocenters. The van der Waals surface area contributed by atoms with Gasteiger partial charge in [-0.05, 0) is 12.8 Å². The van der Waals surface area contributed by atoms with Gasteiger partial charge in [-0.25, -0.2) is 9.97 Å². The molecule has 1 aromatic heterocycles. The van der Waals surface area contributed by atoms with Crippen LogP contribution in [0.1, 0.15) is 23.2 Å². The maximum Gasteiger partial charge on any atom is 0.271 e. The Morgan fingerprint density at radius 1 is 1.69 bits per heavy atom. The van der Waals surface area contributed by atoms with Crippen molar-refractivity contribution in [2.75, 3.05) is 13.2 Å². The van der Waals surface area contributed by atoms with Crippen molar-refractivity contribution in [1.29, 1.82) is 0 Å². The van der Waals surface area contributed by atoms with Gasteiger partial charge in [0.15, 0.2) is 0 Å². The van der Waals surface area contributed by atoms with Gasteiger partial charge < -0.3 is 10.4 Å². The smallest absolute Gasteiger partial charge is 0.271 e. The highest BCUT2D eigenvalue weighted by Gasteiger charge is 2.13. The second kappa shape index (κ2) is 5.77. The lowest BCUT2D eigenvalue weighted by molar-refractivity contribution is 0.0937. The second-order valence-electron chi connectivity index (χ2n) is 3.61. The largest absolute Gasteiger partial charge is 0.396 e. The number of halogens is 1. The summed E-state index contributed by atoms with van der Waals surface area (Å²) in [4.78, 5) is 19.5. The van der Waals surface area contributed by atoms with Crippen molar-refractivity contribution in [3.05, 3.63) is 22.7 Å². The first kappa shape index (κ1) is 12.9. The minimum absolute atomic E-state index is 0.00524. The van der Waals surface area contributed by atoms with Crippen LogP contribution >= 0.6 is 11.6 Å². The number of amides is 1. The zero-order valence-electron chi connectivity index (χ0n) is 9.20. The summed E-state index contributed by atoms with van der Waals surface area (Å²) in [7, 11) is 0. The van der Waals surface area contributed by atoms with Crippen molar-refractivity contribution >= 4 is 17.5 Å². The van der Waals surface area contributed by atoms with Gasteiger partial charge in [0.25, 0.3) is 5.91 Å². The molecule has 2 N–H and O–H groups in total. The van der Waals surface area contributed by atoms with Crippen LogP contribution in [0.5, 0.6) is 0 Å². The van der Waals surface area contributed by atoms with Gasteiger partial charge >= 0.3 is 0 Å². The van der Waals surface area contributed by atoms with Crippen molar-refractivity contribution < 1.29 is 9.90 Å². The van der Waals surface area contributed by atoms with Crippen LogP contribution in [0, 0.1) is 12.8 Å². The molecule has 5 nitrogen and oxygen atoms in total. The molecule has 0 saturated carbocycles. The first-order valence-electron chi connectivity index (χ1n) is 4.92. The standard InChI is InChI=1S/C10H14ClN3O2/c1-6(5-15)3-13-10(16)9-8(11)4-12-7(2)14-9/h4,6,15H,3,5H2,1-2H3,(H,13,16). The van der Waals surface area contributed by atoms with Crippen LogP contribution in [-0.4, -0.2) is 34.1 Å². The van der Waals surface area contributed by atoms with Crippen LogP contribution in [0.3, 0.4) is 0 Å². The molecule has 1 unspecified atom stereocenters. The number of hydrogen-bond acceptors (Lipinski definition) is 4. The van der Waals surface area contributed by atoms with Crippen molar-refractivity contribution in [3.8, 4) is 0 Å². The average molecular weight is 244 g/mol. The van der Waals surface area contributed by atoms with Gasteiger partial charge in [-0.3, -0.25) is 4.79 Å². The quantitative estimate of drug-likeness (QED) is 0.820. The van der Waals surface area contributed by atoms with E-state index >= 15 is 0 Å². The lowest BCUT2D eigenvalue weighted by Crippen LogP contribution is -2.30. The number of nitrogens with one attached hydrogen (secondary N) is 1. The van der Waals surface area contributed by atoms with Crippen LogP contribution in [0.2, 0.25) is 5.02 Å². The molecule has 0 aliphatic carbocycles. The van der Waals surface area contributed by atoms with Crippen LogP contribution in [0.4, 0.5) is 0 Å². The van der Waals surface area contributed by atoms with E-state index < -0.39 is 0 Å². The summed E-state index contributed by atoms with van der Waals surface area (Å²) in [5, 5.41) is 11.7. The van der Waals surface area contributed by atoms with Crippen molar-refractivity contribution in [2.24, 2.45) is 5.92 Å². The highest BCUT2D eigenvalue weighted by atomic mass is 35.5. The number of aliphatic hydroxyl groups excluding tert-OH is 1. The molecule has 0 bridgehead atoms. The number of aryl methyl sites for hydroxylation is 1. The number of aliphatic hydroxyl groups is 1. The third-order valence-electron chi connectivity index (χ3n) is 2.00. The van der Waals surface area contributed by atoms with Gasteiger partial charge in [-0.2, -0.15) is 0 Å². The van der Waals surface area contributed by atoms with E-state index in [-0.39, 0.29) is 29.1 Å². The van der Waals surface area contributed by atoms with E-state index in [1.54, 1.807) is 6.92 Å². The summed E-state index contributed by atoms with van der Waals surface area (Å²) >= 11 is 5.81. The molecule has 0 aliphatic rings. The third-order valence-corrected chi connectivity index (χ3v) is 2.28. The molecule has 6 heteroatoms. The monoisotopic (exact) mass is 243 g/mol. The maximum atomic E-state index is 11.7. The van der Waals surface area contributed by atoms with Gasteiger partial charge in [-0.1, -0.05) is 18.5 Å². The van der Waals surface area contributed by atoms with Crippen LogP contribution in [0.15, 0.2) is 6.20 Å². The maximum absolute atomic E-state index is 11.7. The van der Waals surface area contributed by atoms with Gasteiger partial charge in [0.2, 0.25) is 0 Å². The molecule has 88 valence electrons. The van der Waals surface area contributed by atoms with E-state index in [1.807, 2.05) is 6.92 Å². The minimum Gasteiger partial charge on any atom is -0.396 e. The summed E-state index contributed by atoms with van der Waals surface area (Å²) in [6, 6.07) is 0. The Kier molecular flexibility index (Phi) is 4.64. The van der Waals surface area contributed by atoms with Crippen molar-refractivity contribution in [1.82, 2.24) is 15.3 Å². The van der Waals surface area contributed by atoms with Crippen molar-refractivity contribution in [2.45, 2.75) is 13.8 Å². The summed E-state index contributed by atoms with van der Waals surface area (Å²) in [6.07, 6.45) is 1.40. The molecule has 1 aromatic rings. The van der Waals surface area contributed by atoms with E-state index in [0.717, 1.165) is 0 Å². The lowest BCUT2D eigenvalue weighted by atomic mass is 10.2. The predicted molar refractivity (Wildman–Crippen MR) is 60.4 cm³/mol. The molecule has 1 heterocycles. The topological polar surface area (TPSA) is 75.1 Å². The average Bonchev–Trinajstić information content (AvgIpc) is 2.28. The minimum atomic E-state index is -0.351. The summed E-state index contributed by atoms with van der Waals surface area (Å²) in [5.74, 6) is 0.145. The molecular formula is C10H14ClN3O2. The summed E-state index contributed by atoms with van der Waals surface area (Å²) in [5.41, 5.74) is 0.166. The Bertz CT molecular complexity index is 384. The molecule has 0 radical (unpaired) electrons. The van der Waals surface area contributed by atoms with Crippen LogP contribution < -0.4 is 5.32 Å². The van der Waals surface area contributed by atoms with Gasteiger partial charge in [0.05, 0.1) is 11.2 Å². The zero-order valence-corrected chi connectivity index (χ0v) is 9.95. The van der Waals surface area contributed by atoms with Gasteiger partial charge in [0, 0.05) is 13.2 Å². The Morgan fingerprint density at radius 3 is 3.00 bits per heavy atom. The fourth-order valence-corrected chi connectivity index (χ4v) is 1.21. The first-order chi connectivity index (χ1) is 7.54. The fraction of sp³-hybridized carbons (Fsp3) is 0.500. The number of carbonyl (C=O) groups is 1. The van der Waals surface area contributed by atoms with E-state index in [0.29, 0.717) is 12.4 Å². The Balaban J connectivity index is 2.69. The third kappa shape index (κ3) is 3.43. The van der Waals surface area contributed by atoms with Crippen LogP contribution in [0.25, 0.3) is 0 Å². The Hall–Kier alpha value is -1.20. The fourth-order valence-electron chi connectivity index (χ4n) is 1.03. The summed E-state index contributed by atoms with van der Waals surface area (Å²) < 4.78 is 0. The number of carbonyl (C=O) groups excluding carboxylic acids is 1. The molecular weight excluding hydrogens is 230 g/mol. The molecule has 0 aliphatic heterocycles. The molecule has 0 aromatic carbocycles. The van der Waals surface area contributed by atoms with E-state index in [9.17, 15) is 4.79 Å². The van der Waals surface area contributed by atoms with E-state index in [4.69, 9.17) is 16.7 Å². The number of hydrogen-bond donors (Lipinski definition) is 2. The molecule has 0 saturated heterocycles. The molecule has 0 fully saturated rings. The second-order valence-corrected chi connectivity index (χ2v) is 4.02. The highest BCUT2D eigenvalue weighted by molar-refractivity contribution is 6.33. The van der Waals surface area contributed by atoms with Gasteiger partial charge in [-0.15, -0.1) is 0 Å². The normalized spacial score (nSPS) is 12.2. The predicted octanol–water partition coefficient (Wildman–Crippen LogP) is 0.797. The lowest BCUT2D eigenvalue weighted by Gasteiger charge is -2.09. The van der Waals surface area contributed by atoms with Gasteiger partial charge in [0.1, 0.15) is 11.5 Å². The van der Waals surface area contributed by atoms with E-state index in [2.05, 4.69) is 15.3 Å². The molecule has 16 heavy (non-hydrogen) atoms. The molecule has 0 spiro atoms. The SMILES string of the molecule is Cc1ncc(Cl)c(C(=O)NCC(C)CO)n1. The number of aromatic nitrogens is 2. The highest BCUT2D eigenvalue weighted by Crippen LogP contribution is 2.11. The van der Waals surface area contributed by atoms with Crippen molar-refractivity contribution in [3.63, 3.8) is 0 Å². The number of nitrogens with zero attached hydrogens (tertiary/aromatic N) is 2. The van der Waals surface area contributed by atoms with Crippen LogP contribution in [-0.2, 0) is 0 Å². The molecule has 1 rings (SSSR count). The van der Waals surface area contributed by atoms with E-state index in [1.165, 1.54) is 6.20 Å². The molecule has 1 amide bonds. The zero-order chi connectivity index (χ0) is 12.1. The Morgan fingerprint density at radius 2 is 2.38 bits per heavy atom. The number of rotatable bonds is 4. The first-order valence-corrected chi connectivity index (χ1v) is 5.30.